The second-order valence-corrected chi connectivity index (χ2v) is 10.9. The van der Waals surface area contributed by atoms with Gasteiger partial charge in [0.25, 0.3) is 0 Å². The number of phenols is 1. The van der Waals surface area contributed by atoms with Crippen LogP contribution in [0.5, 0.6) is 11.5 Å². The highest BCUT2D eigenvalue weighted by atomic mass is 127. The number of hydrogen-bond acceptors (Lipinski definition) is 3. The van der Waals surface area contributed by atoms with E-state index < -0.39 is 3.42 Å². The first-order chi connectivity index (χ1) is 15.3. The van der Waals surface area contributed by atoms with Gasteiger partial charge < -0.3 is 14.7 Å². The van der Waals surface area contributed by atoms with Gasteiger partial charge in [-0.2, -0.15) is 0 Å². The Hall–Kier alpha value is -1.29. The molecule has 0 radical (unpaired) electrons. The summed E-state index contributed by atoms with van der Waals surface area (Å²) in [6.07, 6.45) is 0. The van der Waals surface area contributed by atoms with Gasteiger partial charge in [-0.1, -0.05) is 77.2 Å². The van der Waals surface area contributed by atoms with E-state index in [9.17, 15) is 5.11 Å². The minimum Gasteiger partial charge on any atom is -0.508 e. The van der Waals surface area contributed by atoms with Crippen LogP contribution in [0.3, 0.4) is 0 Å². The van der Waals surface area contributed by atoms with Gasteiger partial charge in [0.1, 0.15) is 18.1 Å². The Bertz CT molecular complexity index is 1040. The number of phenolic OH excluding ortho intramolecular Hbond substituents is 1. The maximum atomic E-state index is 9.79. The van der Waals surface area contributed by atoms with Crippen molar-refractivity contribution in [1.29, 1.82) is 0 Å². The monoisotopic (exact) mass is 673 g/mol. The summed E-state index contributed by atoms with van der Waals surface area (Å²) in [5, 5.41) is 9.79. The molecule has 1 N–H and O–H groups in total. The molecule has 3 aromatic rings. The maximum absolute atomic E-state index is 9.79. The molecule has 0 saturated carbocycles. The van der Waals surface area contributed by atoms with Crippen molar-refractivity contribution in [3.8, 4) is 11.5 Å². The molecule has 1 unspecified atom stereocenters. The van der Waals surface area contributed by atoms with E-state index in [1.165, 1.54) is 0 Å². The van der Waals surface area contributed by atoms with Gasteiger partial charge in [-0.05, 0) is 83.2 Å². The predicted octanol–water partition coefficient (Wildman–Crippen LogP) is 7.21. The Morgan fingerprint density at radius 1 is 0.938 bits per heavy atom. The lowest BCUT2D eigenvalue weighted by atomic mass is 9.86. The van der Waals surface area contributed by atoms with Crippen molar-refractivity contribution in [3.63, 3.8) is 0 Å². The zero-order chi connectivity index (χ0) is 23.1. The largest absolute Gasteiger partial charge is 0.508 e. The zero-order valence-corrected chi connectivity index (χ0v) is 23.1. The lowest BCUT2D eigenvalue weighted by Crippen LogP contribution is -2.23. The van der Waals surface area contributed by atoms with E-state index in [1.807, 2.05) is 56.6 Å². The molecule has 0 bridgehead atoms. The van der Waals surface area contributed by atoms with Crippen molar-refractivity contribution in [2.45, 2.75) is 3.42 Å². The first-order valence-electron chi connectivity index (χ1n) is 10.2. The highest BCUT2D eigenvalue weighted by molar-refractivity contribution is 14.1. The molecular weight excluding hydrogens is 648 g/mol. The summed E-state index contributed by atoms with van der Waals surface area (Å²) in [6, 6.07) is 25.9. The van der Waals surface area contributed by atoms with E-state index in [2.05, 4.69) is 74.3 Å². The quantitative estimate of drug-likeness (QED) is 0.148. The standard InChI is InChI=1S/C26H26ClI2NO2/c1-30(2)16-17-32-23-14-8-20(9-15-23)25(28)24(19-6-4-3-5-7-19)26(29,18-27)21-10-12-22(31)13-11-21/h3-15,31H,16-18H2,1-2H3. The number of allylic oxidation sites excluding steroid dienone is 1. The number of likely N-dealkylation sites (N-methyl/N-ethyl adjacent to an activating group) is 1. The molecular formula is C26H26ClI2NO2. The van der Waals surface area contributed by atoms with Crippen molar-refractivity contribution >= 4 is 65.9 Å². The van der Waals surface area contributed by atoms with E-state index >= 15 is 0 Å². The van der Waals surface area contributed by atoms with E-state index in [1.54, 1.807) is 12.1 Å². The van der Waals surface area contributed by atoms with Gasteiger partial charge in [0.05, 0.1) is 3.42 Å². The van der Waals surface area contributed by atoms with Crippen LogP contribution in [0.25, 0.3) is 9.15 Å². The van der Waals surface area contributed by atoms with Gasteiger partial charge in [-0.15, -0.1) is 11.6 Å². The lowest BCUT2D eigenvalue weighted by molar-refractivity contribution is 0.261. The second kappa shape index (κ2) is 11.7. The number of nitrogens with zero attached hydrogens (tertiary/aromatic N) is 1. The first-order valence-corrected chi connectivity index (χ1v) is 12.9. The van der Waals surface area contributed by atoms with Crippen LogP contribution in [0.4, 0.5) is 0 Å². The molecule has 0 amide bonds. The second-order valence-electron chi connectivity index (χ2n) is 7.71. The number of benzene rings is 3. The molecule has 6 heteroatoms. The van der Waals surface area contributed by atoms with Crippen LogP contribution in [-0.4, -0.2) is 43.1 Å². The third kappa shape index (κ3) is 6.18. The highest BCUT2D eigenvalue weighted by Gasteiger charge is 2.35. The third-order valence-electron chi connectivity index (χ3n) is 5.10. The normalized spacial score (nSPS) is 14.1. The molecule has 1 atom stereocenters. The fraction of sp³-hybridized carbons (Fsp3) is 0.231. The Labute approximate surface area is 222 Å². The van der Waals surface area contributed by atoms with Crippen molar-refractivity contribution in [2.75, 3.05) is 33.1 Å². The lowest BCUT2D eigenvalue weighted by Gasteiger charge is -2.31. The number of rotatable bonds is 9. The molecule has 0 aliphatic carbocycles. The highest BCUT2D eigenvalue weighted by Crippen LogP contribution is 2.50. The van der Waals surface area contributed by atoms with Crippen LogP contribution in [0.1, 0.15) is 16.7 Å². The van der Waals surface area contributed by atoms with E-state index in [-0.39, 0.29) is 5.75 Å². The molecule has 0 spiro atoms. The van der Waals surface area contributed by atoms with Gasteiger partial charge in [0, 0.05) is 16.0 Å². The third-order valence-corrected chi connectivity index (χ3v) is 8.66. The van der Waals surface area contributed by atoms with Gasteiger partial charge in [0.15, 0.2) is 0 Å². The minimum atomic E-state index is -0.480. The SMILES string of the molecule is CN(C)CCOc1ccc(C(I)=C(c2ccccc2)C(I)(CCl)c2ccc(O)cc2)cc1. The predicted molar refractivity (Wildman–Crippen MR) is 152 cm³/mol. The molecule has 0 heterocycles. The summed E-state index contributed by atoms with van der Waals surface area (Å²) in [7, 11) is 4.07. The smallest absolute Gasteiger partial charge is 0.119 e. The fourth-order valence-electron chi connectivity index (χ4n) is 3.34. The van der Waals surface area contributed by atoms with Crippen LogP contribution in [0, 0.1) is 0 Å². The molecule has 3 rings (SSSR count). The molecule has 0 aliphatic heterocycles. The van der Waals surface area contributed by atoms with E-state index in [4.69, 9.17) is 16.3 Å². The Morgan fingerprint density at radius 2 is 1.56 bits per heavy atom. The number of hydrogen-bond donors (Lipinski definition) is 1. The zero-order valence-electron chi connectivity index (χ0n) is 18.1. The summed E-state index contributed by atoms with van der Waals surface area (Å²) < 4.78 is 6.50. The minimum absolute atomic E-state index is 0.242. The number of aromatic hydroxyl groups is 1. The Morgan fingerprint density at radius 3 is 2.12 bits per heavy atom. The number of halogens is 3. The van der Waals surface area contributed by atoms with Gasteiger partial charge >= 0.3 is 0 Å². The van der Waals surface area contributed by atoms with Gasteiger partial charge in [0.2, 0.25) is 0 Å². The van der Waals surface area contributed by atoms with Crippen LogP contribution in [-0.2, 0) is 3.42 Å². The van der Waals surface area contributed by atoms with Gasteiger partial charge in [-0.3, -0.25) is 0 Å². The van der Waals surface area contributed by atoms with Gasteiger partial charge in [-0.25, -0.2) is 0 Å². The Kier molecular flexibility index (Phi) is 9.28. The molecule has 0 aliphatic rings. The Balaban J connectivity index is 2.06. The van der Waals surface area contributed by atoms with Crippen molar-refractivity contribution in [3.05, 3.63) is 95.6 Å². The molecule has 3 nitrogen and oxygen atoms in total. The summed E-state index contributed by atoms with van der Waals surface area (Å²) >= 11 is 11.5. The molecule has 168 valence electrons. The molecule has 0 fully saturated rings. The first kappa shape index (κ1) is 25.3. The summed E-state index contributed by atoms with van der Waals surface area (Å²) in [5.41, 5.74) is 4.41. The molecule has 0 saturated heterocycles. The topological polar surface area (TPSA) is 32.7 Å². The van der Waals surface area contributed by atoms with Crippen molar-refractivity contribution < 1.29 is 9.84 Å². The van der Waals surface area contributed by atoms with E-state index in [0.29, 0.717) is 12.5 Å². The van der Waals surface area contributed by atoms with Crippen LogP contribution in [0.2, 0.25) is 0 Å². The number of ether oxygens (including phenoxy) is 1. The summed E-state index contributed by atoms with van der Waals surface area (Å²) in [4.78, 5) is 2.10. The molecule has 0 aromatic heterocycles. The fourth-order valence-corrected chi connectivity index (χ4v) is 6.21. The van der Waals surface area contributed by atoms with Crippen LogP contribution >= 0.6 is 56.8 Å². The maximum Gasteiger partial charge on any atom is 0.119 e. The van der Waals surface area contributed by atoms with E-state index in [0.717, 1.165) is 38.1 Å². The molecule has 3 aromatic carbocycles. The summed E-state index contributed by atoms with van der Waals surface area (Å²) in [6.45, 7) is 1.52. The summed E-state index contributed by atoms with van der Waals surface area (Å²) in [5.74, 6) is 1.49. The van der Waals surface area contributed by atoms with Crippen molar-refractivity contribution in [1.82, 2.24) is 4.90 Å². The number of alkyl halides is 2. The van der Waals surface area contributed by atoms with Crippen LogP contribution < -0.4 is 4.74 Å². The average molecular weight is 674 g/mol. The van der Waals surface area contributed by atoms with Crippen LogP contribution in [0.15, 0.2) is 78.9 Å². The molecule has 32 heavy (non-hydrogen) atoms. The average Bonchev–Trinajstić information content (AvgIpc) is 2.80. The van der Waals surface area contributed by atoms with Crippen molar-refractivity contribution in [2.24, 2.45) is 0 Å².